The maximum absolute atomic E-state index is 5.40. The number of rotatable bonds is 10. The lowest BCUT2D eigenvalue weighted by atomic mass is 10.1. The first-order valence-corrected chi connectivity index (χ1v) is 9.85. The topological polar surface area (TPSA) is 86.8 Å². The molecule has 1 heterocycles. The molecule has 3 aromatic rings. The number of anilines is 3. The molecule has 31 heavy (non-hydrogen) atoms. The van der Waals surface area contributed by atoms with E-state index in [-0.39, 0.29) is 0 Å². The Labute approximate surface area is 182 Å². The van der Waals surface area contributed by atoms with Crippen LogP contribution in [0.2, 0.25) is 0 Å². The lowest BCUT2D eigenvalue weighted by Gasteiger charge is -2.15. The van der Waals surface area contributed by atoms with Gasteiger partial charge >= 0.3 is 0 Å². The highest BCUT2D eigenvalue weighted by Gasteiger charge is 2.14. The average molecular weight is 425 g/mol. The number of aromatic nitrogens is 2. The van der Waals surface area contributed by atoms with Crippen molar-refractivity contribution in [2.45, 2.75) is 13.3 Å². The molecule has 0 fully saturated rings. The largest absolute Gasteiger partial charge is 0.497 e. The summed E-state index contributed by atoms with van der Waals surface area (Å²) in [6, 6.07) is 11.7. The summed E-state index contributed by atoms with van der Waals surface area (Å²) >= 11 is 0. The quantitative estimate of drug-likeness (QED) is 0.500. The van der Waals surface area contributed by atoms with Crippen LogP contribution in [0.15, 0.2) is 42.6 Å². The van der Waals surface area contributed by atoms with Crippen LogP contribution < -0.4 is 29.6 Å². The van der Waals surface area contributed by atoms with Gasteiger partial charge in [0.05, 0.1) is 28.4 Å². The number of nitrogens with zero attached hydrogens (tertiary/aromatic N) is 2. The molecular formula is C23H28N4O4. The Bertz CT molecular complexity index is 984. The van der Waals surface area contributed by atoms with E-state index in [4.69, 9.17) is 18.9 Å². The molecule has 2 aromatic carbocycles. The molecule has 0 atom stereocenters. The van der Waals surface area contributed by atoms with E-state index in [1.807, 2.05) is 19.1 Å². The minimum atomic E-state index is 0.465. The van der Waals surface area contributed by atoms with Gasteiger partial charge in [-0.05, 0) is 31.0 Å². The maximum atomic E-state index is 5.40. The van der Waals surface area contributed by atoms with Crippen LogP contribution in [0.5, 0.6) is 23.0 Å². The van der Waals surface area contributed by atoms with Gasteiger partial charge in [-0.25, -0.2) is 4.98 Å². The van der Waals surface area contributed by atoms with Crippen LogP contribution in [0.25, 0.3) is 0 Å². The molecule has 0 unspecified atom stereocenters. The molecule has 2 N–H and O–H groups in total. The Morgan fingerprint density at radius 2 is 1.55 bits per heavy atom. The van der Waals surface area contributed by atoms with Crippen LogP contribution >= 0.6 is 0 Å². The van der Waals surface area contributed by atoms with Crippen molar-refractivity contribution >= 4 is 17.5 Å². The van der Waals surface area contributed by atoms with E-state index < -0.39 is 0 Å². The second-order valence-corrected chi connectivity index (χ2v) is 6.79. The third kappa shape index (κ3) is 5.48. The molecule has 0 aliphatic rings. The number of methoxy groups -OCH3 is 4. The van der Waals surface area contributed by atoms with Crippen LogP contribution in [0, 0.1) is 6.92 Å². The molecule has 1 aromatic heterocycles. The fourth-order valence-corrected chi connectivity index (χ4v) is 3.08. The third-order valence-electron chi connectivity index (χ3n) is 4.76. The van der Waals surface area contributed by atoms with Crippen molar-refractivity contribution in [1.29, 1.82) is 0 Å². The fraction of sp³-hybridized carbons (Fsp3) is 0.304. The molecule has 0 spiro atoms. The zero-order valence-electron chi connectivity index (χ0n) is 18.5. The predicted octanol–water partition coefficient (Wildman–Crippen LogP) is 4.22. The van der Waals surface area contributed by atoms with E-state index in [2.05, 4.69) is 32.7 Å². The second kappa shape index (κ2) is 10.4. The van der Waals surface area contributed by atoms with Gasteiger partial charge in [0.2, 0.25) is 11.7 Å². The summed E-state index contributed by atoms with van der Waals surface area (Å²) in [7, 11) is 6.39. The van der Waals surface area contributed by atoms with Crippen LogP contribution in [0.4, 0.5) is 17.5 Å². The lowest BCUT2D eigenvalue weighted by Crippen LogP contribution is -2.09. The van der Waals surface area contributed by atoms with Crippen LogP contribution in [-0.2, 0) is 6.42 Å². The minimum Gasteiger partial charge on any atom is -0.497 e. The Balaban J connectivity index is 1.70. The van der Waals surface area contributed by atoms with Gasteiger partial charge in [-0.2, -0.15) is 4.98 Å². The maximum Gasteiger partial charge on any atom is 0.229 e. The van der Waals surface area contributed by atoms with Gasteiger partial charge in [-0.1, -0.05) is 12.1 Å². The highest BCUT2D eigenvalue weighted by atomic mass is 16.5. The van der Waals surface area contributed by atoms with Gasteiger partial charge < -0.3 is 29.6 Å². The molecular weight excluding hydrogens is 396 g/mol. The lowest BCUT2D eigenvalue weighted by molar-refractivity contribution is 0.324. The summed E-state index contributed by atoms with van der Waals surface area (Å²) < 4.78 is 21.4. The minimum absolute atomic E-state index is 0.465. The summed E-state index contributed by atoms with van der Waals surface area (Å²) in [5.41, 5.74) is 2.91. The first-order chi connectivity index (χ1) is 15.1. The first kappa shape index (κ1) is 22.0. The summed E-state index contributed by atoms with van der Waals surface area (Å²) in [4.78, 5) is 9.00. The van der Waals surface area contributed by atoms with E-state index >= 15 is 0 Å². The zero-order valence-corrected chi connectivity index (χ0v) is 18.5. The van der Waals surface area contributed by atoms with Gasteiger partial charge in [0, 0.05) is 36.1 Å². The van der Waals surface area contributed by atoms with Crippen molar-refractivity contribution in [2.24, 2.45) is 0 Å². The summed E-state index contributed by atoms with van der Waals surface area (Å²) in [5, 5.41) is 6.59. The van der Waals surface area contributed by atoms with Gasteiger partial charge in [-0.3, -0.25) is 0 Å². The smallest absolute Gasteiger partial charge is 0.229 e. The first-order valence-electron chi connectivity index (χ1n) is 9.85. The van der Waals surface area contributed by atoms with E-state index in [0.29, 0.717) is 23.2 Å². The van der Waals surface area contributed by atoms with Gasteiger partial charge in [0.1, 0.15) is 11.6 Å². The number of benzene rings is 2. The number of ether oxygens (including phenoxy) is 4. The fourth-order valence-electron chi connectivity index (χ4n) is 3.08. The van der Waals surface area contributed by atoms with Gasteiger partial charge in [-0.15, -0.1) is 0 Å². The molecule has 0 saturated heterocycles. The number of aryl methyl sites for hydroxylation is 1. The second-order valence-electron chi connectivity index (χ2n) is 6.79. The summed E-state index contributed by atoms with van der Waals surface area (Å²) in [6.45, 7) is 2.72. The number of nitrogens with one attached hydrogen (secondary N) is 2. The molecule has 0 saturated carbocycles. The molecule has 8 nitrogen and oxygen atoms in total. The highest BCUT2D eigenvalue weighted by molar-refractivity contribution is 5.66. The standard InChI is InChI=1S/C23H28N4O4/c1-15-14-25-23(26-17-12-19(29-3)21(31-5)20(13-17)30-4)27-22(15)24-11-10-16-6-8-18(28-2)9-7-16/h6-9,12-14H,10-11H2,1-5H3,(H2,24,25,26,27). The van der Waals surface area contributed by atoms with Gasteiger partial charge in [0.15, 0.2) is 11.5 Å². The van der Waals surface area contributed by atoms with E-state index in [0.717, 1.165) is 35.8 Å². The molecule has 3 rings (SSSR count). The third-order valence-corrected chi connectivity index (χ3v) is 4.76. The van der Waals surface area contributed by atoms with Crippen molar-refractivity contribution in [1.82, 2.24) is 9.97 Å². The molecule has 8 heteroatoms. The molecule has 0 amide bonds. The zero-order chi connectivity index (χ0) is 22.2. The normalized spacial score (nSPS) is 10.4. The van der Waals surface area contributed by atoms with Crippen LogP contribution in [0.1, 0.15) is 11.1 Å². The van der Waals surface area contributed by atoms with Crippen LogP contribution in [0.3, 0.4) is 0 Å². The Morgan fingerprint density at radius 3 is 2.13 bits per heavy atom. The van der Waals surface area contributed by atoms with Crippen LogP contribution in [-0.4, -0.2) is 45.0 Å². The van der Waals surface area contributed by atoms with Crippen molar-refractivity contribution in [2.75, 3.05) is 45.6 Å². The Morgan fingerprint density at radius 1 is 0.871 bits per heavy atom. The SMILES string of the molecule is COc1ccc(CCNc2nc(Nc3cc(OC)c(OC)c(OC)c3)ncc2C)cc1. The summed E-state index contributed by atoms with van der Waals surface area (Å²) in [5.74, 6) is 3.72. The van der Waals surface area contributed by atoms with Crippen molar-refractivity contribution in [3.8, 4) is 23.0 Å². The Kier molecular flexibility index (Phi) is 7.37. The predicted molar refractivity (Wildman–Crippen MR) is 121 cm³/mol. The molecule has 164 valence electrons. The van der Waals surface area contributed by atoms with Crippen molar-refractivity contribution in [3.05, 3.63) is 53.7 Å². The number of hydrogen-bond acceptors (Lipinski definition) is 8. The monoisotopic (exact) mass is 424 g/mol. The molecule has 0 radical (unpaired) electrons. The summed E-state index contributed by atoms with van der Waals surface area (Å²) in [6.07, 6.45) is 2.64. The molecule has 0 aliphatic carbocycles. The van der Waals surface area contributed by atoms with E-state index in [1.165, 1.54) is 5.56 Å². The van der Waals surface area contributed by atoms with Crippen molar-refractivity contribution in [3.63, 3.8) is 0 Å². The van der Waals surface area contributed by atoms with E-state index in [9.17, 15) is 0 Å². The average Bonchev–Trinajstić information content (AvgIpc) is 2.80. The van der Waals surface area contributed by atoms with E-state index in [1.54, 1.807) is 46.8 Å². The van der Waals surface area contributed by atoms with Gasteiger partial charge in [0.25, 0.3) is 0 Å². The van der Waals surface area contributed by atoms with Crippen molar-refractivity contribution < 1.29 is 18.9 Å². The Hall–Kier alpha value is -3.68. The number of hydrogen-bond donors (Lipinski definition) is 2. The molecule has 0 bridgehead atoms. The highest BCUT2D eigenvalue weighted by Crippen LogP contribution is 2.40. The molecule has 0 aliphatic heterocycles.